The van der Waals surface area contributed by atoms with Gasteiger partial charge in [-0.1, -0.05) is 0 Å². The summed E-state index contributed by atoms with van der Waals surface area (Å²) in [7, 11) is 16.7. The van der Waals surface area contributed by atoms with Crippen LogP contribution in [0.3, 0.4) is 0 Å². The fraction of sp³-hybridized carbons (Fsp3) is 0.692. The Bertz CT molecular complexity index is 792. The van der Waals surface area contributed by atoms with Crippen LogP contribution in [0.1, 0.15) is 79.1 Å². The van der Waals surface area contributed by atoms with E-state index in [9.17, 15) is 0 Å². The van der Waals surface area contributed by atoms with E-state index in [1.165, 1.54) is 51.4 Å². The Labute approximate surface area is 194 Å². The first-order valence-corrected chi connectivity index (χ1v) is 24.2. The first-order valence-electron chi connectivity index (χ1n) is 12.5. The Kier molecular flexibility index (Phi) is 6.58. The fourth-order valence-corrected chi connectivity index (χ4v) is 29.0. The first kappa shape index (κ1) is 23.6. The van der Waals surface area contributed by atoms with Gasteiger partial charge in [-0.15, -0.1) is 0 Å². The summed E-state index contributed by atoms with van der Waals surface area (Å²) in [5.41, 5.74) is 9.79. The Balaban J connectivity index is 1.95. The third-order valence-electron chi connectivity index (χ3n) is 8.69. The van der Waals surface area contributed by atoms with Crippen molar-refractivity contribution in [3.8, 4) is 0 Å². The third-order valence-corrected chi connectivity index (χ3v) is 44.0. The Morgan fingerprint density at radius 2 is 1.10 bits per heavy atom. The van der Waals surface area contributed by atoms with Gasteiger partial charge >= 0.3 is 196 Å². The summed E-state index contributed by atoms with van der Waals surface area (Å²) in [6.45, 7) is 13.1. The van der Waals surface area contributed by atoms with Gasteiger partial charge in [0.2, 0.25) is 0 Å². The Morgan fingerprint density at radius 3 is 1.43 bits per heavy atom. The van der Waals surface area contributed by atoms with Crippen LogP contribution in [0.25, 0.3) is 0 Å². The van der Waals surface area contributed by atoms with Crippen LogP contribution in [-0.4, -0.2) is 6.66 Å². The van der Waals surface area contributed by atoms with E-state index in [-0.39, 0.29) is 0 Å². The second-order valence-electron chi connectivity index (χ2n) is 11.4. The van der Waals surface area contributed by atoms with Gasteiger partial charge in [-0.05, 0) is 0 Å². The van der Waals surface area contributed by atoms with Crippen molar-refractivity contribution < 1.29 is 12.4 Å². The summed E-state index contributed by atoms with van der Waals surface area (Å²) in [6.07, 6.45) is 15.4. The monoisotopic (exact) mass is 499 g/mol. The fourth-order valence-electron chi connectivity index (χ4n) is 7.00. The zero-order chi connectivity index (χ0) is 21.9. The van der Waals surface area contributed by atoms with Crippen LogP contribution in [-0.2, 0) is 12.4 Å². The van der Waals surface area contributed by atoms with Gasteiger partial charge in [-0.25, -0.2) is 0 Å². The summed E-state index contributed by atoms with van der Waals surface area (Å²) in [4.78, 5) is 0. The van der Waals surface area contributed by atoms with E-state index < -0.39 is 19.1 Å². The van der Waals surface area contributed by atoms with Crippen LogP contribution >= 0.6 is 18.6 Å². The molecule has 0 N–H and O–H groups in total. The molecule has 0 aromatic heterocycles. The van der Waals surface area contributed by atoms with Gasteiger partial charge in [-0.3, -0.25) is 0 Å². The van der Waals surface area contributed by atoms with Crippen LogP contribution in [0.15, 0.2) is 45.6 Å². The first-order chi connectivity index (χ1) is 14.1. The number of allylic oxidation sites excluding steroid dienone is 8. The zero-order valence-electron chi connectivity index (χ0n) is 20.0. The van der Waals surface area contributed by atoms with Gasteiger partial charge in [0.1, 0.15) is 0 Å². The van der Waals surface area contributed by atoms with E-state index in [1.54, 1.807) is 33.4 Å². The van der Waals surface area contributed by atoms with Gasteiger partial charge in [0, 0.05) is 0 Å². The molecule has 0 bridgehead atoms. The summed E-state index contributed by atoms with van der Waals surface area (Å²) in [5.74, 6) is 1.06. The van der Waals surface area contributed by atoms with Crippen molar-refractivity contribution in [3.63, 3.8) is 0 Å². The molecule has 167 valence electrons. The summed E-state index contributed by atoms with van der Waals surface area (Å²) < 4.78 is 0.765. The van der Waals surface area contributed by atoms with E-state index in [2.05, 4.69) is 52.9 Å². The molecule has 0 radical (unpaired) electrons. The van der Waals surface area contributed by atoms with Gasteiger partial charge in [0.05, 0.1) is 0 Å². The second-order valence-corrected chi connectivity index (χ2v) is 40.6. The van der Waals surface area contributed by atoms with Crippen molar-refractivity contribution in [3.05, 3.63) is 45.6 Å². The average molecular weight is 500 g/mol. The molecule has 0 nitrogen and oxygen atoms in total. The summed E-state index contributed by atoms with van der Waals surface area (Å²) >= 11 is -4.04. The molecular formula is C26H41Cl2SiTi. The molecule has 0 fully saturated rings. The number of halogens is 2. The molecule has 0 spiro atoms. The van der Waals surface area contributed by atoms with Gasteiger partial charge in [-0.2, -0.15) is 0 Å². The van der Waals surface area contributed by atoms with Gasteiger partial charge < -0.3 is 0 Å². The minimum atomic E-state index is -4.04. The Hall–Kier alpha value is 0.471. The maximum atomic E-state index is 8.33. The molecule has 0 aliphatic heterocycles. The molecule has 0 aromatic carbocycles. The molecule has 2 unspecified atom stereocenters. The second kappa shape index (κ2) is 8.36. The van der Waals surface area contributed by atoms with E-state index >= 15 is 0 Å². The summed E-state index contributed by atoms with van der Waals surface area (Å²) in [6, 6.07) is 0. The van der Waals surface area contributed by atoms with E-state index in [0.29, 0.717) is 20.3 Å². The molecular weight excluding hydrogens is 459 g/mol. The normalized spacial score (nSPS) is 28.7. The van der Waals surface area contributed by atoms with Crippen molar-refractivity contribution in [1.29, 1.82) is 0 Å². The van der Waals surface area contributed by atoms with Crippen LogP contribution < -0.4 is 0 Å². The average Bonchev–Trinajstić information content (AvgIpc) is 3.28. The third kappa shape index (κ3) is 3.49. The number of rotatable bonds is 5. The van der Waals surface area contributed by atoms with Crippen LogP contribution in [0.5, 0.6) is 0 Å². The molecule has 0 heterocycles. The van der Waals surface area contributed by atoms with Crippen molar-refractivity contribution in [2.75, 3.05) is 0 Å². The predicted molar refractivity (Wildman–Crippen MR) is 135 cm³/mol. The number of hydrogen-bond donors (Lipinski definition) is 0. The van der Waals surface area contributed by atoms with Gasteiger partial charge in [0.15, 0.2) is 0 Å². The van der Waals surface area contributed by atoms with Crippen LogP contribution in [0, 0.1) is 11.8 Å². The Morgan fingerprint density at radius 1 is 0.733 bits per heavy atom. The molecule has 2 atom stereocenters. The molecule has 4 aliphatic rings. The SMILES string of the molecule is CC(C)C1=CC2=C(CCCC2)[CH]1[Ti]([Cl])([Cl])([CH]1C(C(C)C)=CC2=C1CCCC2)[SiH](C)C. The van der Waals surface area contributed by atoms with Crippen molar-refractivity contribution >= 4 is 25.3 Å². The molecule has 0 saturated heterocycles. The molecule has 30 heavy (non-hydrogen) atoms. The number of hydrogen-bond acceptors (Lipinski definition) is 0. The maximum absolute atomic E-state index is 8.33. The molecule has 4 heteroatoms. The van der Waals surface area contributed by atoms with E-state index in [4.69, 9.17) is 18.6 Å². The van der Waals surface area contributed by atoms with E-state index in [1.807, 2.05) is 0 Å². The minimum absolute atomic E-state index is 0.383. The van der Waals surface area contributed by atoms with Crippen molar-refractivity contribution in [1.82, 2.24) is 0 Å². The zero-order valence-corrected chi connectivity index (χ0v) is 24.2. The molecule has 0 aromatic rings. The molecule has 4 rings (SSSR count). The topological polar surface area (TPSA) is 0 Å². The predicted octanol–water partition coefficient (Wildman–Crippen LogP) is 9.48. The van der Waals surface area contributed by atoms with Gasteiger partial charge in [0.25, 0.3) is 0 Å². The van der Waals surface area contributed by atoms with Crippen LogP contribution in [0.4, 0.5) is 0 Å². The molecule has 0 amide bonds. The standard InChI is InChI=1S/2C12H17.C2H7Si.2ClH.Ti/c2*1-9(2)12-7-10-5-3-4-6-11(10)8-12;1-3-2;;;/h2*7-9H,3-6H2,1-2H3;3H,1-2H3;2*1H;/q;;;;;+2/p-2. The van der Waals surface area contributed by atoms with Crippen LogP contribution in [0.2, 0.25) is 21.5 Å². The summed E-state index contributed by atoms with van der Waals surface area (Å²) in [5, 5.41) is 0. The quantitative estimate of drug-likeness (QED) is 0.330. The molecule has 0 saturated carbocycles. The van der Waals surface area contributed by atoms with Crippen molar-refractivity contribution in [2.24, 2.45) is 11.8 Å². The van der Waals surface area contributed by atoms with Crippen molar-refractivity contribution in [2.45, 2.75) is 101 Å². The van der Waals surface area contributed by atoms with E-state index in [0.717, 1.165) is 0 Å². The molecule has 4 aliphatic carbocycles.